The van der Waals surface area contributed by atoms with Crippen molar-refractivity contribution < 1.29 is 13.6 Å². The molecule has 2 aromatic heterocycles. The molecule has 0 radical (unpaired) electrons. The molecule has 4 rings (SSSR count). The lowest BCUT2D eigenvalue weighted by atomic mass is 9.96. The maximum atomic E-state index is 14.6. The molecule has 7 nitrogen and oxygen atoms in total. The topological polar surface area (TPSA) is 93.9 Å². The first kappa shape index (κ1) is 23.3. The molecular formula is C25H24F2N6O. The van der Waals surface area contributed by atoms with Crippen molar-refractivity contribution in [1.82, 2.24) is 20.6 Å². The van der Waals surface area contributed by atoms with Gasteiger partial charge in [0.1, 0.15) is 11.9 Å². The van der Waals surface area contributed by atoms with Gasteiger partial charge < -0.3 is 10.2 Å². The van der Waals surface area contributed by atoms with Crippen molar-refractivity contribution in [2.45, 2.75) is 19.4 Å². The van der Waals surface area contributed by atoms with Crippen molar-refractivity contribution in [3.8, 4) is 17.2 Å². The zero-order valence-corrected chi connectivity index (χ0v) is 18.7. The number of benzene rings is 1. The minimum Gasteiger partial charge on any atom is -0.353 e. The summed E-state index contributed by atoms with van der Waals surface area (Å²) >= 11 is 0. The number of aryl methyl sites for hydroxylation is 1. The van der Waals surface area contributed by atoms with Crippen LogP contribution < -0.4 is 15.5 Å². The average molecular weight is 463 g/mol. The first-order valence-corrected chi connectivity index (χ1v) is 10.9. The lowest BCUT2D eigenvalue weighted by Crippen LogP contribution is -2.44. The summed E-state index contributed by atoms with van der Waals surface area (Å²) in [5.74, 6) is -0.238. The Morgan fingerprint density at radius 1 is 1.21 bits per heavy atom. The van der Waals surface area contributed by atoms with E-state index in [-0.39, 0.29) is 5.56 Å². The molecule has 0 spiro atoms. The van der Waals surface area contributed by atoms with Crippen LogP contribution in [0.1, 0.15) is 27.0 Å². The fourth-order valence-corrected chi connectivity index (χ4v) is 3.95. The van der Waals surface area contributed by atoms with Crippen LogP contribution in [0.4, 0.5) is 14.6 Å². The molecular weight excluding hydrogens is 438 g/mol. The van der Waals surface area contributed by atoms with Crippen LogP contribution in [-0.2, 0) is 6.42 Å². The Bertz CT molecular complexity index is 1220. The Hall–Kier alpha value is -3.90. The number of amides is 1. The van der Waals surface area contributed by atoms with E-state index in [2.05, 4.69) is 26.3 Å². The van der Waals surface area contributed by atoms with Crippen LogP contribution in [-0.4, -0.2) is 48.1 Å². The van der Waals surface area contributed by atoms with Crippen molar-refractivity contribution in [2.24, 2.45) is 0 Å². The standard InChI is InChI=1S/C25H24F2N6O/c1-17-2-3-18(14-25(26,27)32-24(34)19-4-6-29-7-5-19)12-22(17)21-13-20(15-28)23(31-16-21)33-10-8-30-9-11-33/h2-7,12-13,16,30H,8-11,14H2,1H3,(H,32,34). The molecule has 1 saturated heterocycles. The Morgan fingerprint density at radius 3 is 2.65 bits per heavy atom. The maximum Gasteiger partial charge on any atom is 0.329 e. The summed E-state index contributed by atoms with van der Waals surface area (Å²) in [6.45, 7) is 5.03. The van der Waals surface area contributed by atoms with E-state index in [1.54, 1.807) is 35.8 Å². The zero-order valence-electron chi connectivity index (χ0n) is 18.7. The number of nitriles is 1. The molecule has 0 bridgehead atoms. The highest BCUT2D eigenvalue weighted by molar-refractivity contribution is 5.94. The average Bonchev–Trinajstić information content (AvgIpc) is 2.85. The van der Waals surface area contributed by atoms with Crippen LogP contribution in [0, 0.1) is 18.3 Å². The van der Waals surface area contributed by atoms with E-state index in [9.17, 15) is 18.8 Å². The summed E-state index contributed by atoms with van der Waals surface area (Å²) in [6, 6.07) is 8.28. The fraction of sp³-hybridized carbons (Fsp3) is 0.280. The van der Waals surface area contributed by atoms with E-state index in [0.717, 1.165) is 31.7 Å². The number of piperazine rings is 1. The highest BCUT2D eigenvalue weighted by Gasteiger charge is 2.32. The number of carbonyl (C=O) groups is 1. The van der Waals surface area contributed by atoms with Crippen molar-refractivity contribution in [3.63, 3.8) is 0 Å². The van der Waals surface area contributed by atoms with E-state index in [0.29, 0.717) is 28.1 Å². The number of alkyl halides is 2. The van der Waals surface area contributed by atoms with Gasteiger partial charge in [0.15, 0.2) is 0 Å². The molecule has 0 aliphatic carbocycles. The van der Waals surface area contributed by atoms with Gasteiger partial charge in [-0.3, -0.25) is 15.1 Å². The Labute approximate surface area is 196 Å². The van der Waals surface area contributed by atoms with Crippen molar-refractivity contribution in [2.75, 3.05) is 31.1 Å². The monoisotopic (exact) mass is 462 g/mol. The summed E-state index contributed by atoms with van der Waals surface area (Å²) < 4.78 is 29.3. The highest BCUT2D eigenvalue weighted by Crippen LogP contribution is 2.30. The Kier molecular flexibility index (Phi) is 6.80. The van der Waals surface area contributed by atoms with Gasteiger partial charge >= 0.3 is 6.05 Å². The second kappa shape index (κ2) is 9.93. The third-order valence-electron chi connectivity index (χ3n) is 5.68. The molecule has 34 heavy (non-hydrogen) atoms. The molecule has 1 aliphatic heterocycles. The Morgan fingerprint density at radius 2 is 1.94 bits per heavy atom. The van der Waals surface area contributed by atoms with E-state index < -0.39 is 18.4 Å². The van der Waals surface area contributed by atoms with Crippen molar-refractivity contribution >= 4 is 11.7 Å². The smallest absolute Gasteiger partial charge is 0.329 e. The van der Waals surface area contributed by atoms with Gasteiger partial charge in [0, 0.05) is 55.9 Å². The molecule has 0 atom stereocenters. The Balaban J connectivity index is 1.56. The molecule has 3 heterocycles. The second-order valence-electron chi connectivity index (χ2n) is 8.16. The number of aromatic nitrogens is 2. The first-order chi connectivity index (χ1) is 16.4. The SMILES string of the molecule is Cc1ccc(CC(F)(F)NC(=O)c2ccncc2)cc1-c1cnc(N2CCNCC2)c(C#N)c1. The summed E-state index contributed by atoms with van der Waals surface area (Å²) in [5.41, 5.74) is 3.17. The van der Waals surface area contributed by atoms with Gasteiger partial charge in [0.05, 0.1) is 12.0 Å². The van der Waals surface area contributed by atoms with E-state index >= 15 is 0 Å². The molecule has 1 aliphatic rings. The van der Waals surface area contributed by atoms with E-state index in [4.69, 9.17) is 0 Å². The minimum atomic E-state index is -3.45. The summed E-state index contributed by atoms with van der Waals surface area (Å²) in [4.78, 5) is 22.5. The molecule has 1 fully saturated rings. The zero-order chi connectivity index (χ0) is 24.1. The van der Waals surface area contributed by atoms with Crippen LogP contribution in [0.3, 0.4) is 0 Å². The summed E-state index contributed by atoms with van der Waals surface area (Å²) in [7, 11) is 0. The summed E-state index contributed by atoms with van der Waals surface area (Å²) in [6.07, 6.45) is 3.74. The quantitative estimate of drug-likeness (QED) is 0.546. The molecule has 174 valence electrons. The van der Waals surface area contributed by atoms with Crippen LogP contribution in [0.2, 0.25) is 0 Å². The van der Waals surface area contributed by atoms with Gasteiger partial charge in [-0.2, -0.15) is 14.0 Å². The van der Waals surface area contributed by atoms with Crippen LogP contribution in [0.15, 0.2) is 55.0 Å². The van der Waals surface area contributed by atoms with Gasteiger partial charge in [0.25, 0.3) is 5.91 Å². The third kappa shape index (κ3) is 5.35. The summed E-state index contributed by atoms with van der Waals surface area (Å²) in [5, 5.41) is 14.8. The number of hydrogen-bond donors (Lipinski definition) is 2. The van der Waals surface area contributed by atoms with Crippen molar-refractivity contribution in [1.29, 1.82) is 5.26 Å². The normalized spacial score (nSPS) is 13.9. The van der Waals surface area contributed by atoms with E-state index in [1.807, 2.05) is 6.92 Å². The van der Waals surface area contributed by atoms with Gasteiger partial charge in [-0.25, -0.2) is 4.98 Å². The van der Waals surface area contributed by atoms with Gasteiger partial charge in [-0.05, 0) is 41.8 Å². The molecule has 1 aromatic carbocycles. The highest BCUT2D eigenvalue weighted by atomic mass is 19.3. The van der Waals surface area contributed by atoms with Crippen LogP contribution >= 0.6 is 0 Å². The number of pyridine rings is 2. The molecule has 0 unspecified atom stereocenters. The second-order valence-corrected chi connectivity index (χ2v) is 8.16. The number of rotatable bonds is 6. The first-order valence-electron chi connectivity index (χ1n) is 10.9. The molecule has 0 saturated carbocycles. The molecule has 3 aromatic rings. The van der Waals surface area contributed by atoms with E-state index in [1.165, 1.54) is 24.5 Å². The number of halogens is 2. The maximum absolute atomic E-state index is 14.6. The number of nitrogens with zero attached hydrogens (tertiary/aromatic N) is 4. The predicted molar refractivity (Wildman–Crippen MR) is 125 cm³/mol. The number of nitrogens with one attached hydrogen (secondary N) is 2. The van der Waals surface area contributed by atoms with Crippen LogP contribution in [0.5, 0.6) is 0 Å². The number of anilines is 1. The molecule has 2 N–H and O–H groups in total. The molecule has 1 amide bonds. The number of carbonyl (C=O) groups excluding carboxylic acids is 1. The van der Waals surface area contributed by atoms with Crippen LogP contribution in [0.25, 0.3) is 11.1 Å². The lowest BCUT2D eigenvalue weighted by molar-refractivity contribution is -0.0268. The predicted octanol–water partition coefficient (Wildman–Crippen LogP) is 3.30. The van der Waals surface area contributed by atoms with Gasteiger partial charge in [-0.15, -0.1) is 0 Å². The third-order valence-corrected chi connectivity index (χ3v) is 5.68. The van der Waals surface area contributed by atoms with Crippen molar-refractivity contribution in [3.05, 3.63) is 77.2 Å². The number of hydrogen-bond acceptors (Lipinski definition) is 6. The lowest BCUT2D eigenvalue weighted by Gasteiger charge is -2.29. The van der Waals surface area contributed by atoms with Gasteiger partial charge in [0.2, 0.25) is 0 Å². The largest absolute Gasteiger partial charge is 0.353 e. The van der Waals surface area contributed by atoms with Gasteiger partial charge in [-0.1, -0.05) is 18.2 Å². The molecule has 9 heteroatoms. The minimum absolute atomic E-state index is 0.110. The fourth-order valence-electron chi connectivity index (χ4n) is 3.95.